The lowest BCUT2D eigenvalue weighted by Crippen LogP contribution is -1.95. The predicted molar refractivity (Wildman–Crippen MR) is 60.6 cm³/mol. The number of nitrogens with one attached hydrogen (secondary N) is 1. The zero-order chi connectivity index (χ0) is 10.4. The Bertz CT molecular complexity index is 365. The Hall–Kier alpha value is -0.990. The molecule has 2 aliphatic carbocycles. The van der Waals surface area contributed by atoms with Gasteiger partial charge in [-0.1, -0.05) is 13.3 Å². The maximum Gasteiger partial charge on any atom is 0.148 e. The summed E-state index contributed by atoms with van der Waals surface area (Å²) in [4.78, 5) is 0. The first kappa shape index (κ1) is 9.25. The Balaban J connectivity index is 1.79. The van der Waals surface area contributed by atoms with Crippen LogP contribution in [0.3, 0.4) is 0 Å². The second kappa shape index (κ2) is 3.26. The molecule has 0 aliphatic heterocycles. The van der Waals surface area contributed by atoms with Gasteiger partial charge in [-0.05, 0) is 37.5 Å². The highest BCUT2D eigenvalue weighted by molar-refractivity contribution is 5.45. The van der Waals surface area contributed by atoms with Crippen molar-refractivity contribution in [3.05, 3.63) is 11.3 Å². The zero-order valence-corrected chi connectivity index (χ0v) is 9.29. The summed E-state index contributed by atoms with van der Waals surface area (Å²) in [5.74, 6) is 3.45. The second-order valence-corrected chi connectivity index (χ2v) is 5.09. The molecule has 1 heterocycles. The molecule has 0 spiro atoms. The summed E-state index contributed by atoms with van der Waals surface area (Å²) >= 11 is 0. The summed E-state index contributed by atoms with van der Waals surface area (Å²) in [5.41, 5.74) is 8.54. The largest absolute Gasteiger partial charge is 0.382 e. The van der Waals surface area contributed by atoms with E-state index in [0.29, 0.717) is 0 Å². The molecule has 1 aromatic rings. The monoisotopic (exact) mass is 205 g/mol. The number of H-pyrrole nitrogens is 1. The Labute approximate surface area is 90.4 Å². The van der Waals surface area contributed by atoms with Crippen LogP contribution in [0, 0.1) is 11.8 Å². The van der Waals surface area contributed by atoms with Crippen molar-refractivity contribution < 1.29 is 0 Å². The SMILES string of the molecule is CCCc1c(N)n[nH]c1C1CC1C1CC1. The van der Waals surface area contributed by atoms with E-state index in [2.05, 4.69) is 17.1 Å². The summed E-state index contributed by atoms with van der Waals surface area (Å²) in [6, 6.07) is 0. The molecule has 0 aromatic carbocycles. The molecule has 3 N–H and O–H groups in total. The molecule has 2 atom stereocenters. The average Bonchev–Trinajstić information content (AvgIpc) is 3.10. The molecule has 2 unspecified atom stereocenters. The van der Waals surface area contributed by atoms with E-state index in [1.165, 1.54) is 30.5 Å². The van der Waals surface area contributed by atoms with E-state index in [9.17, 15) is 0 Å². The number of aromatic amines is 1. The summed E-state index contributed by atoms with van der Waals surface area (Å²) in [6.45, 7) is 2.20. The molecule has 0 amide bonds. The van der Waals surface area contributed by atoms with Gasteiger partial charge < -0.3 is 5.73 Å². The van der Waals surface area contributed by atoms with Crippen LogP contribution >= 0.6 is 0 Å². The Morgan fingerprint density at radius 2 is 2.27 bits per heavy atom. The van der Waals surface area contributed by atoms with E-state index >= 15 is 0 Å². The van der Waals surface area contributed by atoms with E-state index in [-0.39, 0.29) is 0 Å². The number of rotatable bonds is 4. The van der Waals surface area contributed by atoms with Crippen LogP contribution in [0.15, 0.2) is 0 Å². The number of nitrogens with zero attached hydrogens (tertiary/aromatic N) is 1. The Morgan fingerprint density at radius 1 is 1.47 bits per heavy atom. The van der Waals surface area contributed by atoms with Crippen LogP contribution in [0.5, 0.6) is 0 Å². The third-order valence-corrected chi connectivity index (χ3v) is 3.87. The highest BCUT2D eigenvalue weighted by atomic mass is 15.2. The number of nitrogen functional groups attached to an aromatic ring is 1. The van der Waals surface area contributed by atoms with Crippen LogP contribution < -0.4 is 5.73 Å². The highest BCUT2D eigenvalue weighted by Crippen LogP contribution is 2.59. The highest BCUT2D eigenvalue weighted by Gasteiger charge is 2.49. The molecule has 0 bridgehead atoms. The van der Waals surface area contributed by atoms with Crippen molar-refractivity contribution in [1.82, 2.24) is 10.2 Å². The molecule has 0 saturated heterocycles. The first-order valence-electron chi connectivity index (χ1n) is 6.13. The van der Waals surface area contributed by atoms with Gasteiger partial charge in [-0.25, -0.2) is 0 Å². The molecule has 15 heavy (non-hydrogen) atoms. The van der Waals surface area contributed by atoms with Gasteiger partial charge in [0.2, 0.25) is 0 Å². The van der Waals surface area contributed by atoms with Gasteiger partial charge in [-0.3, -0.25) is 5.10 Å². The quantitative estimate of drug-likeness (QED) is 0.793. The Morgan fingerprint density at radius 3 is 2.93 bits per heavy atom. The van der Waals surface area contributed by atoms with Gasteiger partial charge in [0.15, 0.2) is 0 Å². The van der Waals surface area contributed by atoms with E-state index < -0.39 is 0 Å². The average molecular weight is 205 g/mol. The minimum absolute atomic E-state index is 0.730. The lowest BCUT2D eigenvalue weighted by molar-refractivity contribution is 0.680. The van der Waals surface area contributed by atoms with Gasteiger partial charge in [0.25, 0.3) is 0 Å². The van der Waals surface area contributed by atoms with Crippen molar-refractivity contribution in [2.75, 3.05) is 5.73 Å². The van der Waals surface area contributed by atoms with E-state index in [1.54, 1.807) is 0 Å². The van der Waals surface area contributed by atoms with E-state index in [4.69, 9.17) is 5.73 Å². The van der Waals surface area contributed by atoms with Crippen LogP contribution in [0.2, 0.25) is 0 Å². The van der Waals surface area contributed by atoms with Crippen molar-refractivity contribution in [2.45, 2.75) is 44.9 Å². The van der Waals surface area contributed by atoms with Gasteiger partial charge in [0, 0.05) is 17.2 Å². The molecule has 3 heteroatoms. The van der Waals surface area contributed by atoms with Crippen LogP contribution in [0.1, 0.15) is 49.8 Å². The smallest absolute Gasteiger partial charge is 0.148 e. The number of nitrogens with two attached hydrogens (primary N) is 1. The first-order chi connectivity index (χ1) is 7.31. The zero-order valence-electron chi connectivity index (χ0n) is 9.29. The van der Waals surface area contributed by atoms with Gasteiger partial charge >= 0.3 is 0 Å². The molecule has 2 aliphatic rings. The fraction of sp³-hybridized carbons (Fsp3) is 0.750. The lowest BCUT2D eigenvalue weighted by Gasteiger charge is -2.01. The van der Waals surface area contributed by atoms with Crippen LogP contribution in [-0.2, 0) is 6.42 Å². The van der Waals surface area contributed by atoms with Crippen molar-refractivity contribution in [2.24, 2.45) is 11.8 Å². The predicted octanol–water partition coefficient (Wildman–Crippen LogP) is 2.46. The van der Waals surface area contributed by atoms with Crippen LogP contribution in [0.25, 0.3) is 0 Å². The normalized spacial score (nSPS) is 29.4. The summed E-state index contributed by atoms with van der Waals surface area (Å²) < 4.78 is 0. The third kappa shape index (κ3) is 1.54. The minimum atomic E-state index is 0.730. The first-order valence-corrected chi connectivity index (χ1v) is 6.13. The molecular weight excluding hydrogens is 186 g/mol. The van der Waals surface area contributed by atoms with Gasteiger partial charge in [-0.15, -0.1) is 0 Å². The fourth-order valence-electron chi connectivity index (χ4n) is 2.80. The van der Waals surface area contributed by atoms with Crippen LogP contribution in [0.4, 0.5) is 5.82 Å². The molecule has 2 saturated carbocycles. The molecule has 1 aromatic heterocycles. The van der Waals surface area contributed by atoms with Gasteiger partial charge in [0.05, 0.1) is 0 Å². The number of anilines is 1. The summed E-state index contributed by atoms with van der Waals surface area (Å²) in [6.07, 6.45) is 6.49. The number of aromatic nitrogens is 2. The molecule has 82 valence electrons. The van der Waals surface area contributed by atoms with Crippen molar-refractivity contribution in [3.63, 3.8) is 0 Å². The maximum atomic E-state index is 5.89. The standard InChI is InChI=1S/C12H19N3/c1-2-3-8-11(14-15-12(8)13)10-6-9(10)7-4-5-7/h7,9-10H,2-6H2,1H3,(H3,13,14,15). The molecule has 3 nitrogen and oxygen atoms in total. The number of hydrogen-bond acceptors (Lipinski definition) is 2. The van der Waals surface area contributed by atoms with Crippen molar-refractivity contribution in [3.8, 4) is 0 Å². The lowest BCUT2D eigenvalue weighted by atomic mass is 10.1. The minimum Gasteiger partial charge on any atom is -0.382 e. The van der Waals surface area contributed by atoms with Gasteiger partial charge in [0.1, 0.15) is 5.82 Å². The Kier molecular flexibility index (Phi) is 2.01. The van der Waals surface area contributed by atoms with Crippen LogP contribution in [-0.4, -0.2) is 10.2 Å². The topological polar surface area (TPSA) is 54.7 Å². The number of hydrogen-bond donors (Lipinski definition) is 2. The second-order valence-electron chi connectivity index (χ2n) is 5.09. The van der Waals surface area contributed by atoms with Gasteiger partial charge in [-0.2, -0.15) is 5.10 Å². The summed E-state index contributed by atoms with van der Waals surface area (Å²) in [5, 5.41) is 7.32. The summed E-state index contributed by atoms with van der Waals surface area (Å²) in [7, 11) is 0. The van der Waals surface area contributed by atoms with Crippen molar-refractivity contribution in [1.29, 1.82) is 0 Å². The fourth-order valence-corrected chi connectivity index (χ4v) is 2.80. The molecule has 0 radical (unpaired) electrons. The molecule has 3 rings (SSSR count). The molecule has 2 fully saturated rings. The maximum absolute atomic E-state index is 5.89. The van der Waals surface area contributed by atoms with E-state index in [0.717, 1.165) is 36.4 Å². The van der Waals surface area contributed by atoms with Crippen molar-refractivity contribution >= 4 is 5.82 Å². The van der Waals surface area contributed by atoms with E-state index in [1.807, 2.05) is 0 Å². The third-order valence-electron chi connectivity index (χ3n) is 3.87. The molecular formula is C12H19N3.